The first kappa shape index (κ1) is 9.45. The van der Waals surface area contributed by atoms with Crippen LogP contribution >= 0.6 is 0 Å². The second kappa shape index (κ2) is 3.85. The van der Waals surface area contributed by atoms with Crippen LogP contribution in [0.2, 0.25) is 0 Å². The molecule has 13 heavy (non-hydrogen) atoms. The number of rotatable bonds is 2. The molecule has 0 aliphatic carbocycles. The lowest BCUT2D eigenvalue weighted by molar-refractivity contribution is -0.132. The van der Waals surface area contributed by atoms with Crippen molar-refractivity contribution in [2.45, 2.75) is 13.8 Å². The maximum Gasteiger partial charge on any atom is 0.331 e. The Morgan fingerprint density at radius 3 is 2.77 bits per heavy atom. The summed E-state index contributed by atoms with van der Waals surface area (Å²) in [6.07, 6.45) is 1.55. The Morgan fingerprint density at radius 1 is 1.54 bits per heavy atom. The highest BCUT2D eigenvalue weighted by atomic mass is 16.4. The van der Waals surface area contributed by atoms with Crippen molar-refractivity contribution in [1.82, 2.24) is 4.98 Å². The van der Waals surface area contributed by atoms with Crippen molar-refractivity contribution in [2.24, 2.45) is 0 Å². The fourth-order valence-electron chi connectivity index (χ4n) is 0.928. The molecular weight excluding hydrogens is 166 g/mol. The van der Waals surface area contributed by atoms with Crippen molar-refractivity contribution in [1.29, 1.82) is 0 Å². The van der Waals surface area contributed by atoms with Crippen LogP contribution in [0.3, 0.4) is 0 Å². The van der Waals surface area contributed by atoms with Crippen molar-refractivity contribution < 1.29 is 9.90 Å². The van der Waals surface area contributed by atoms with E-state index in [1.165, 1.54) is 0 Å². The van der Waals surface area contributed by atoms with Gasteiger partial charge in [-0.15, -0.1) is 0 Å². The fourth-order valence-corrected chi connectivity index (χ4v) is 0.928. The lowest BCUT2D eigenvalue weighted by Gasteiger charge is -1.96. The molecule has 3 heteroatoms. The van der Waals surface area contributed by atoms with Gasteiger partial charge in [-0.2, -0.15) is 0 Å². The summed E-state index contributed by atoms with van der Waals surface area (Å²) < 4.78 is 0. The first-order chi connectivity index (χ1) is 6.09. The molecule has 0 unspecified atom stereocenters. The van der Waals surface area contributed by atoms with E-state index in [1.54, 1.807) is 19.1 Å². The topological polar surface area (TPSA) is 50.2 Å². The fraction of sp³-hybridized carbons (Fsp3) is 0.200. The smallest absolute Gasteiger partial charge is 0.331 e. The van der Waals surface area contributed by atoms with Gasteiger partial charge in [0, 0.05) is 11.3 Å². The molecule has 0 atom stereocenters. The molecule has 0 aliphatic heterocycles. The van der Waals surface area contributed by atoms with Crippen molar-refractivity contribution >= 4 is 12.0 Å². The van der Waals surface area contributed by atoms with Crippen LogP contribution in [0.1, 0.15) is 18.3 Å². The highest BCUT2D eigenvalue weighted by Crippen LogP contribution is 2.04. The van der Waals surface area contributed by atoms with Crippen molar-refractivity contribution in [2.75, 3.05) is 0 Å². The van der Waals surface area contributed by atoms with E-state index in [1.807, 2.05) is 19.1 Å². The van der Waals surface area contributed by atoms with Crippen LogP contribution in [-0.2, 0) is 4.79 Å². The Kier molecular flexibility index (Phi) is 2.80. The molecule has 0 fully saturated rings. The molecule has 1 aromatic heterocycles. The first-order valence-electron chi connectivity index (χ1n) is 3.95. The largest absolute Gasteiger partial charge is 0.478 e. The number of hydrogen-bond acceptors (Lipinski definition) is 2. The Labute approximate surface area is 76.7 Å². The van der Waals surface area contributed by atoms with Gasteiger partial charge in [-0.3, -0.25) is 4.98 Å². The third-order valence-corrected chi connectivity index (χ3v) is 1.61. The molecular formula is C10H11NO2. The minimum absolute atomic E-state index is 0.290. The standard InChI is InChI=1S/C10H11NO2/c1-7(10(12)13)6-9-5-3-4-8(2)11-9/h3-6H,1-2H3,(H,12,13)/b7-6+. The Hall–Kier alpha value is -1.64. The zero-order valence-electron chi connectivity index (χ0n) is 7.61. The Balaban J connectivity index is 2.97. The third-order valence-electron chi connectivity index (χ3n) is 1.61. The molecule has 1 heterocycles. The molecule has 0 saturated heterocycles. The van der Waals surface area contributed by atoms with Crippen LogP contribution in [0, 0.1) is 6.92 Å². The van der Waals surface area contributed by atoms with Gasteiger partial charge in [0.2, 0.25) is 0 Å². The van der Waals surface area contributed by atoms with E-state index in [9.17, 15) is 4.79 Å². The maximum atomic E-state index is 10.5. The van der Waals surface area contributed by atoms with Gasteiger partial charge in [-0.1, -0.05) is 6.07 Å². The van der Waals surface area contributed by atoms with Crippen LogP contribution < -0.4 is 0 Å². The number of nitrogens with zero attached hydrogens (tertiary/aromatic N) is 1. The molecule has 1 aromatic rings. The zero-order valence-corrected chi connectivity index (χ0v) is 7.61. The third kappa shape index (κ3) is 2.71. The minimum atomic E-state index is -0.914. The summed E-state index contributed by atoms with van der Waals surface area (Å²) in [5, 5.41) is 8.62. The van der Waals surface area contributed by atoms with Gasteiger partial charge in [0.1, 0.15) is 0 Å². The second-order valence-electron chi connectivity index (χ2n) is 2.84. The van der Waals surface area contributed by atoms with E-state index < -0.39 is 5.97 Å². The van der Waals surface area contributed by atoms with Crippen molar-refractivity contribution in [3.05, 3.63) is 35.2 Å². The highest BCUT2D eigenvalue weighted by molar-refractivity contribution is 5.91. The summed E-state index contributed by atoms with van der Waals surface area (Å²) in [6, 6.07) is 5.50. The van der Waals surface area contributed by atoms with Gasteiger partial charge in [-0.25, -0.2) is 4.79 Å². The van der Waals surface area contributed by atoms with Crippen LogP contribution in [0.25, 0.3) is 6.08 Å². The van der Waals surface area contributed by atoms with E-state index in [4.69, 9.17) is 5.11 Å². The summed E-state index contributed by atoms with van der Waals surface area (Å²) in [5.41, 5.74) is 1.85. The lowest BCUT2D eigenvalue weighted by Crippen LogP contribution is -1.96. The molecule has 1 rings (SSSR count). The van der Waals surface area contributed by atoms with Crippen LogP contribution in [0.4, 0.5) is 0 Å². The molecule has 3 nitrogen and oxygen atoms in total. The number of carbonyl (C=O) groups is 1. The number of aryl methyl sites for hydroxylation is 1. The van der Waals surface area contributed by atoms with Crippen LogP contribution in [0.5, 0.6) is 0 Å². The summed E-state index contributed by atoms with van der Waals surface area (Å²) in [4.78, 5) is 14.6. The average Bonchev–Trinajstić information content (AvgIpc) is 2.04. The summed E-state index contributed by atoms with van der Waals surface area (Å²) in [5.74, 6) is -0.914. The predicted octanol–water partition coefficient (Wildman–Crippen LogP) is 1.88. The van der Waals surface area contributed by atoms with Gasteiger partial charge in [0.05, 0.1) is 5.69 Å². The van der Waals surface area contributed by atoms with Gasteiger partial charge in [0.25, 0.3) is 0 Å². The van der Waals surface area contributed by atoms with Crippen molar-refractivity contribution in [3.8, 4) is 0 Å². The van der Waals surface area contributed by atoms with Gasteiger partial charge >= 0.3 is 5.97 Å². The maximum absolute atomic E-state index is 10.5. The van der Waals surface area contributed by atoms with Crippen LogP contribution in [-0.4, -0.2) is 16.1 Å². The SMILES string of the molecule is C/C(=C\c1cccc(C)n1)C(=O)O. The van der Waals surface area contributed by atoms with E-state index >= 15 is 0 Å². The van der Waals surface area contributed by atoms with E-state index in [0.717, 1.165) is 5.69 Å². The second-order valence-corrected chi connectivity index (χ2v) is 2.84. The zero-order chi connectivity index (χ0) is 9.84. The highest BCUT2D eigenvalue weighted by Gasteiger charge is 1.99. The summed E-state index contributed by atoms with van der Waals surface area (Å²) >= 11 is 0. The molecule has 0 aromatic carbocycles. The number of aromatic nitrogens is 1. The average molecular weight is 177 g/mol. The predicted molar refractivity (Wildman–Crippen MR) is 50.3 cm³/mol. The molecule has 0 aliphatic rings. The summed E-state index contributed by atoms with van der Waals surface area (Å²) in [6.45, 7) is 3.42. The van der Waals surface area contributed by atoms with Crippen molar-refractivity contribution in [3.63, 3.8) is 0 Å². The van der Waals surface area contributed by atoms with Gasteiger partial charge < -0.3 is 5.11 Å². The Bertz CT molecular complexity index is 356. The number of hydrogen-bond donors (Lipinski definition) is 1. The number of pyridine rings is 1. The minimum Gasteiger partial charge on any atom is -0.478 e. The molecule has 0 spiro atoms. The molecule has 0 amide bonds. The quantitative estimate of drug-likeness (QED) is 0.701. The lowest BCUT2D eigenvalue weighted by atomic mass is 10.2. The molecule has 1 N–H and O–H groups in total. The van der Waals surface area contributed by atoms with Gasteiger partial charge in [0.15, 0.2) is 0 Å². The van der Waals surface area contributed by atoms with Gasteiger partial charge in [-0.05, 0) is 32.1 Å². The summed E-state index contributed by atoms with van der Waals surface area (Å²) in [7, 11) is 0. The Morgan fingerprint density at radius 2 is 2.23 bits per heavy atom. The molecule has 68 valence electrons. The van der Waals surface area contributed by atoms with E-state index in [0.29, 0.717) is 5.69 Å². The monoisotopic (exact) mass is 177 g/mol. The molecule has 0 saturated carbocycles. The molecule has 0 bridgehead atoms. The number of carboxylic acid groups (broad SMARTS) is 1. The van der Waals surface area contributed by atoms with E-state index in [2.05, 4.69) is 4.98 Å². The number of carboxylic acids is 1. The molecule has 0 radical (unpaired) electrons. The number of aliphatic carboxylic acids is 1. The normalized spacial score (nSPS) is 11.4. The van der Waals surface area contributed by atoms with Crippen LogP contribution in [0.15, 0.2) is 23.8 Å². The van der Waals surface area contributed by atoms with E-state index in [-0.39, 0.29) is 5.57 Å². The first-order valence-corrected chi connectivity index (χ1v) is 3.95.